The molecule has 2 N–H and O–H groups in total. The molecule has 1 aliphatic rings. The summed E-state index contributed by atoms with van der Waals surface area (Å²) in [4.78, 5) is 22.4. The Balaban J connectivity index is 2.26. The lowest BCUT2D eigenvalue weighted by Crippen LogP contribution is -2.31. The van der Waals surface area contributed by atoms with E-state index in [2.05, 4.69) is 0 Å². The number of nitrogens with one attached hydrogen (secondary N) is 1. The van der Waals surface area contributed by atoms with Gasteiger partial charge in [0.2, 0.25) is 5.91 Å². The highest BCUT2D eigenvalue weighted by Gasteiger charge is 2.57. The van der Waals surface area contributed by atoms with E-state index in [4.69, 9.17) is 5.11 Å². The van der Waals surface area contributed by atoms with Gasteiger partial charge in [0, 0.05) is 12.1 Å². The van der Waals surface area contributed by atoms with Crippen LogP contribution in [-0.4, -0.2) is 17.0 Å². The van der Waals surface area contributed by atoms with Crippen molar-refractivity contribution < 1.29 is 27.9 Å². The van der Waals surface area contributed by atoms with Crippen molar-refractivity contribution in [2.45, 2.75) is 12.8 Å². The number of benzene rings is 1. The molecule has 0 bridgehead atoms. The molecule has 1 amide bonds. The molecule has 96 valence electrons. The standard InChI is InChI=1S/C11H8F3NO3/c12-5-3-6(13)8(7(14)4-5)15-9(16)11(1-2-11)10(17)18/h3-4H,1-2H2,(H,15,16)(H,17,18). The van der Waals surface area contributed by atoms with Gasteiger partial charge in [0.05, 0.1) is 0 Å². The molecule has 0 spiro atoms. The normalized spacial score (nSPS) is 16.2. The lowest BCUT2D eigenvalue weighted by molar-refractivity contribution is -0.147. The van der Waals surface area contributed by atoms with Gasteiger partial charge in [0.15, 0.2) is 11.6 Å². The Morgan fingerprint density at radius 3 is 2.06 bits per heavy atom. The number of aliphatic carboxylic acids is 1. The fourth-order valence-corrected chi connectivity index (χ4v) is 1.56. The number of hydrogen-bond acceptors (Lipinski definition) is 2. The number of carbonyl (C=O) groups excluding carboxylic acids is 1. The first kappa shape index (κ1) is 12.4. The molecule has 1 aliphatic carbocycles. The Labute approximate surface area is 99.4 Å². The highest BCUT2D eigenvalue weighted by Crippen LogP contribution is 2.47. The zero-order chi connectivity index (χ0) is 13.5. The first-order valence-corrected chi connectivity index (χ1v) is 5.06. The lowest BCUT2D eigenvalue weighted by atomic mass is 10.1. The number of anilines is 1. The number of carboxylic acid groups (broad SMARTS) is 1. The molecule has 18 heavy (non-hydrogen) atoms. The van der Waals surface area contributed by atoms with Gasteiger partial charge in [-0.2, -0.15) is 0 Å². The Kier molecular flexibility index (Phi) is 2.76. The quantitative estimate of drug-likeness (QED) is 0.815. The fraction of sp³-hybridized carbons (Fsp3) is 0.273. The number of amides is 1. The summed E-state index contributed by atoms with van der Waals surface area (Å²) in [6.07, 6.45) is 0.219. The molecule has 0 saturated heterocycles. The molecule has 0 unspecified atom stereocenters. The van der Waals surface area contributed by atoms with E-state index in [-0.39, 0.29) is 12.8 Å². The van der Waals surface area contributed by atoms with Crippen LogP contribution < -0.4 is 5.32 Å². The van der Waals surface area contributed by atoms with Crippen LogP contribution in [0.3, 0.4) is 0 Å². The predicted octanol–water partition coefficient (Wildman–Crippen LogP) is 1.91. The molecule has 0 aromatic heterocycles. The summed E-state index contributed by atoms with van der Waals surface area (Å²) in [5.41, 5.74) is -2.46. The molecule has 7 heteroatoms. The van der Waals surface area contributed by atoms with E-state index in [1.165, 1.54) is 0 Å². The summed E-state index contributed by atoms with van der Waals surface area (Å²) in [5.74, 6) is -6.05. The zero-order valence-electron chi connectivity index (χ0n) is 8.97. The summed E-state index contributed by atoms with van der Waals surface area (Å²) < 4.78 is 39.1. The molecule has 0 heterocycles. The minimum absolute atomic E-state index is 0.110. The van der Waals surface area contributed by atoms with Crippen LogP contribution in [0.25, 0.3) is 0 Å². The van der Waals surface area contributed by atoms with E-state index in [9.17, 15) is 22.8 Å². The molecule has 0 radical (unpaired) electrons. The third-order valence-electron chi connectivity index (χ3n) is 2.84. The third kappa shape index (κ3) is 1.92. The molecule has 1 fully saturated rings. The van der Waals surface area contributed by atoms with Crippen LogP contribution in [0.5, 0.6) is 0 Å². The largest absolute Gasteiger partial charge is 0.480 e. The second kappa shape index (κ2) is 4.01. The number of carbonyl (C=O) groups is 2. The third-order valence-corrected chi connectivity index (χ3v) is 2.84. The summed E-state index contributed by atoms with van der Waals surface area (Å²) in [5, 5.41) is 10.7. The van der Waals surface area contributed by atoms with Gasteiger partial charge in [-0.05, 0) is 12.8 Å². The molecule has 0 aliphatic heterocycles. The van der Waals surface area contributed by atoms with Crippen molar-refractivity contribution in [2.75, 3.05) is 5.32 Å². The average Bonchev–Trinajstić information content (AvgIpc) is 3.03. The van der Waals surface area contributed by atoms with Crippen molar-refractivity contribution in [3.05, 3.63) is 29.6 Å². The van der Waals surface area contributed by atoms with Crippen LogP contribution in [0.4, 0.5) is 18.9 Å². The van der Waals surface area contributed by atoms with Gasteiger partial charge in [0.25, 0.3) is 0 Å². The van der Waals surface area contributed by atoms with Gasteiger partial charge < -0.3 is 10.4 Å². The van der Waals surface area contributed by atoms with Crippen molar-refractivity contribution in [1.82, 2.24) is 0 Å². The highest BCUT2D eigenvalue weighted by atomic mass is 19.1. The fourth-order valence-electron chi connectivity index (χ4n) is 1.56. The molecular formula is C11H8F3NO3. The molecular weight excluding hydrogens is 251 g/mol. The predicted molar refractivity (Wildman–Crippen MR) is 54.2 cm³/mol. The van der Waals surface area contributed by atoms with Crippen LogP contribution in [0.2, 0.25) is 0 Å². The highest BCUT2D eigenvalue weighted by molar-refractivity contribution is 6.10. The van der Waals surface area contributed by atoms with Crippen molar-refractivity contribution in [3.63, 3.8) is 0 Å². The average molecular weight is 259 g/mol. The van der Waals surface area contributed by atoms with Crippen LogP contribution in [-0.2, 0) is 9.59 Å². The smallest absolute Gasteiger partial charge is 0.319 e. The SMILES string of the molecule is O=C(O)C1(C(=O)Nc2c(F)cc(F)cc2F)CC1. The second-order valence-corrected chi connectivity index (χ2v) is 4.09. The van der Waals surface area contributed by atoms with Crippen molar-refractivity contribution in [3.8, 4) is 0 Å². The van der Waals surface area contributed by atoms with Gasteiger partial charge in [0.1, 0.15) is 16.9 Å². The van der Waals surface area contributed by atoms with Crippen molar-refractivity contribution in [2.24, 2.45) is 5.41 Å². The van der Waals surface area contributed by atoms with E-state index < -0.39 is 40.4 Å². The van der Waals surface area contributed by atoms with Gasteiger partial charge in [-0.3, -0.25) is 9.59 Å². The number of halogens is 3. The minimum Gasteiger partial charge on any atom is -0.480 e. The van der Waals surface area contributed by atoms with Crippen molar-refractivity contribution >= 4 is 17.6 Å². The van der Waals surface area contributed by atoms with Gasteiger partial charge >= 0.3 is 5.97 Å². The number of rotatable bonds is 3. The topological polar surface area (TPSA) is 66.4 Å². The number of carboxylic acids is 1. The Morgan fingerprint density at radius 1 is 1.17 bits per heavy atom. The maximum absolute atomic E-state index is 13.2. The van der Waals surface area contributed by atoms with Crippen molar-refractivity contribution in [1.29, 1.82) is 0 Å². The van der Waals surface area contributed by atoms with E-state index in [0.29, 0.717) is 12.1 Å². The summed E-state index contributed by atoms with van der Waals surface area (Å²) in [6.45, 7) is 0. The van der Waals surface area contributed by atoms with E-state index >= 15 is 0 Å². The van der Waals surface area contributed by atoms with Gasteiger partial charge in [-0.1, -0.05) is 0 Å². The molecule has 1 aromatic rings. The van der Waals surface area contributed by atoms with E-state index in [0.717, 1.165) is 0 Å². The van der Waals surface area contributed by atoms with Crippen LogP contribution in [0.15, 0.2) is 12.1 Å². The molecule has 1 aromatic carbocycles. The van der Waals surface area contributed by atoms with Crippen LogP contribution >= 0.6 is 0 Å². The van der Waals surface area contributed by atoms with Crippen LogP contribution in [0.1, 0.15) is 12.8 Å². The Hall–Kier alpha value is -2.05. The van der Waals surface area contributed by atoms with Gasteiger partial charge in [-0.15, -0.1) is 0 Å². The van der Waals surface area contributed by atoms with Crippen LogP contribution in [0, 0.1) is 22.9 Å². The zero-order valence-corrected chi connectivity index (χ0v) is 8.97. The maximum Gasteiger partial charge on any atom is 0.319 e. The van der Waals surface area contributed by atoms with Gasteiger partial charge in [-0.25, -0.2) is 13.2 Å². The molecule has 4 nitrogen and oxygen atoms in total. The molecule has 0 atom stereocenters. The Morgan fingerprint density at radius 2 is 1.67 bits per heavy atom. The number of hydrogen-bond donors (Lipinski definition) is 2. The summed E-state index contributed by atoms with van der Waals surface area (Å²) in [6, 6.07) is 0.804. The molecule has 2 rings (SSSR count). The Bertz CT molecular complexity index is 517. The monoisotopic (exact) mass is 259 g/mol. The maximum atomic E-state index is 13.2. The first-order chi connectivity index (χ1) is 8.36. The van der Waals surface area contributed by atoms with E-state index in [1.54, 1.807) is 0 Å². The second-order valence-electron chi connectivity index (χ2n) is 4.09. The molecule has 1 saturated carbocycles. The summed E-state index contributed by atoms with van der Waals surface area (Å²) >= 11 is 0. The van der Waals surface area contributed by atoms with E-state index in [1.807, 2.05) is 5.32 Å². The minimum atomic E-state index is -1.62. The summed E-state index contributed by atoms with van der Waals surface area (Å²) in [7, 11) is 0. The lowest BCUT2D eigenvalue weighted by Gasteiger charge is -2.12. The first-order valence-electron chi connectivity index (χ1n) is 5.06.